The molecule has 0 aliphatic heterocycles. The standard InChI is InChI=1S/C17H24N2O2/c1-13(2)21-12-16(20)11-18-10-8-15-6-3-5-14-7-4-9-19-17(14)15/h3-7,9,13,16,18,20H,8,10-12H2,1-2H3. The highest BCUT2D eigenvalue weighted by Gasteiger charge is 2.06. The minimum Gasteiger partial charge on any atom is -0.389 e. The highest BCUT2D eigenvalue weighted by atomic mass is 16.5. The van der Waals surface area contributed by atoms with Gasteiger partial charge in [0.2, 0.25) is 0 Å². The minimum absolute atomic E-state index is 0.154. The van der Waals surface area contributed by atoms with Crippen molar-refractivity contribution in [3.63, 3.8) is 0 Å². The van der Waals surface area contributed by atoms with Crippen LogP contribution in [0.2, 0.25) is 0 Å². The Balaban J connectivity index is 1.78. The number of hydrogen-bond acceptors (Lipinski definition) is 4. The molecule has 21 heavy (non-hydrogen) atoms. The van der Waals surface area contributed by atoms with E-state index in [1.165, 1.54) is 10.9 Å². The van der Waals surface area contributed by atoms with Gasteiger partial charge in [-0.3, -0.25) is 4.98 Å². The van der Waals surface area contributed by atoms with Gasteiger partial charge in [0.1, 0.15) is 0 Å². The zero-order valence-corrected chi connectivity index (χ0v) is 12.7. The SMILES string of the molecule is CC(C)OCC(O)CNCCc1cccc2cccnc12. The predicted molar refractivity (Wildman–Crippen MR) is 85.4 cm³/mol. The summed E-state index contributed by atoms with van der Waals surface area (Å²) in [6.45, 7) is 5.67. The Morgan fingerprint density at radius 3 is 2.86 bits per heavy atom. The van der Waals surface area contributed by atoms with Crippen LogP contribution in [-0.2, 0) is 11.2 Å². The van der Waals surface area contributed by atoms with Gasteiger partial charge < -0.3 is 15.2 Å². The molecule has 0 bridgehead atoms. The van der Waals surface area contributed by atoms with Gasteiger partial charge in [-0.2, -0.15) is 0 Å². The largest absolute Gasteiger partial charge is 0.389 e. The molecule has 1 heterocycles. The summed E-state index contributed by atoms with van der Waals surface area (Å²) in [6.07, 6.45) is 2.41. The first-order chi connectivity index (χ1) is 10.2. The number of fused-ring (bicyclic) bond motifs is 1. The molecule has 0 aliphatic rings. The second-order valence-corrected chi connectivity index (χ2v) is 5.48. The van der Waals surface area contributed by atoms with Crippen LogP contribution in [0.5, 0.6) is 0 Å². The van der Waals surface area contributed by atoms with Crippen molar-refractivity contribution in [2.45, 2.75) is 32.5 Å². The van der Waals surface area contributed by atoms with Crippen LogP contribution >= 0.6 is 0 Å². The Bertz CT molecular complexity index is 552. The molecule has 2 N–H and O–H groups in total. The van der Waals surface area contributed by atoms with E-state index in [9.17, 15) is 5.11 Å². The third-order valence-corrected chi connectivity index (χ3v) is 3.29. The fourth-order valence-electron chi connectivity index (χ4n) is 2.22. The number of pyridine rings is 1. The number of aromatic nitrogens is 1. The lowest BCUT2D eigenvalue weighted by Crippen LogP contribution is -2.32. The number of aliphatic hydroxyl groups is 1. The number of hydrogen-bond donors (Lipinski definition) is 2. The Hall–Kier alpha value is -1.49. The smallest absolute Gasteiger partial charge is 0.0897 e. The van der Waals surface area contributed by atoms with E-state index >= 15 is 0 Å². The van der Waals surface area contributed by atoms with Crippen molar-refractivity contribution in [2.75, 3.05) is 19.7 Å². The molecular weight excluding hydrogens is 264 g/mol. The van der Waals surface area contributed by atoms with Gasteiger partial charge in [-0.1, -0.05) is 24.3 Å². The predicted octanol–water partition coefficient (Wildman–Crippen LogP) is 2.15. The average Bonchev–Trinajstić information content (AvgIpc) is 2.49. The number of nitrogens with zero attached hydrogens (tertiary/aromatic N) is 1. The molecule has 0 fully saturated rings. The molecular formula is C17H24N2O2. The van der Waals surface area contributed by atoms with E-state index in [0.29, 0.717) is 13.2 Å². The number of nitrogens with one attached hydrogen (secondary N) is 1. The third-order valence-electron chi connectivity index (χ3n) is 3.29. The van der Waals surface area contributed by atoms with E-state index in [1.54, 1.807) is 0 Å². The quantitative estimate of drug-likeness (QED) is 0.731. The van der Waals surface area contributed by atoms with Crippen LogP contribution in [0.3, 0.4) is 0 Å². The molecule has 1 aromatic heterocycles. The summed E-state index contributed by atoms with van der Waals surface area (Å²) in [5, 5.41) is 14.2. The van der Waals surface area contributed by atoms with Crippen LogP contribution < -0.4 is 5.32 Å². The van der Waals surface area contributed by atoms with Crippen molar-refractivity contribution >= 4 is 10.9 Å². The van der Waals surface area contributed by atoms with Gasteiger partial charge in [0.25, 0.3) is 0 Å². The maximum Gasteiger partial charge on any atom is 0.0897 e. The van der Waals surface area contributed by atoms with E-state index in [2.05, 4.69) is 34.6 Å². The van der Waals surface area contributed by atoms with E-state index in [-0.39, 0.29) is 6.10 Å². The van der Waals surface area contributed by atoms with Gasteiger partial charge in [0, 0.05) is 18.1 Å². The lowest BCUT2D eigenvalue weighted by Gasteiger charge is -2.14. The number of benzene rings is 1. The molecule has 4 nitrogen and oxygen atoms in total. The zero-order chi connectivity index (χ0) is 15.1. The van der Waals surface area contributed by atoms with Gasteiger partial charge in [-0.05, 0) is 38.4 Å². The van der Waals surface area contributed by atoms with Gasteiger partial charge >= 0.3 is 0 Å². The van der Waals surface area contributed by atoms with Crippen LogP contribution in [0, 0.1) is 0 Å². The lowest BCUT2D eigenvalue weighted by molar-refractivity contribution is 0.00652. The Labute approximate surface area is 126 Å². The fourth-order valence-corrected chi connectivity index (χ4v) is 2.22. The molecule has 0 amide bonds. The van der Waals surface area contributed by atoms with Gasteiger partial charge in [-0.25, -0.2) is 0 Å². The summed E-state index contributed by atoms with van der Waals surface area (Å²) in [4.78, 5) is 4.45. The zero-order valence-electron chi connectivity index (χ0n) is 12.7. The Morgan fingerprint density at radius 2 is 2.05 bits per heavy atom. The molecule has 114 valence electrons. The topological polar surface area (TPSA) is 54.4 Å². The number of aliphatic hydroxyl groups excluding tert-OH is 1. The minimum atomic E-state index is -0.460. The van der Waals surface area contributed by atoms with Crippen LogP contribution in [0.1, 0.15) is 19.4 Å². The van der Waals surface area contributed by atoms with E-state index in [4.69, 9.17) is 4.74 Å². The van der Waals surface area contributed by atoms with Crippen LogP contribution in [-0.4, -0.2) is 42.0 Å². The average molecular weight is 288 g/mol. The molecule has 0 spiro atoms. The van der Waals surface area contributed by atoms with Gasteiger partial charge in [-0.15, -0.1) is 0 Å². The van der Waals surface area contributed by atoms with E-state index in [1.807, 2.05) is 26.1 Å². The first kappa shape index (κ1) is 15.9. The second kappa shape index (κ2) is 8.08. The molecule has 0 aliphatic carbocycles. The van der Waals surface area contributed by atoms with E-state index in [0.717, 1.165) is 18.5 Å². The fraction of sp³-hybridized carbons (Fsp3) is 0.471. The Morgan fingerprint density at radius 1 is 1.24 bits per heavy atom. The summed E-state index contributed by atoms with van der Waals surface area (Å²) in [7, 11) is 0. The number of para-hydroxylation sites is 1. The number of ether oxygens (including phenoxy) is 1. The van der Waals surface area contributed by atoms with Crippen molar-refractivity contribution in [1.29, 1.82) is 0 Å². The first-order valence-electron chi connectivity index (χ1n) is 7.50. The highest BCUT2D eigenvalue weighted by molar-refractivity contribution is 5.81. The van der Waals surface area contributed by atoms with Gasteiger partial charge in [0.05, 0.1) is 24.3 Å². The van der Waals surface area contributed by atoms with Crippen molar-refractivity contribution in [3.8, 4) is 0 Å². The highest BCUT2D eigenvalue weighted by Crippen LogP contribution is 2.15. The summed E-state index contributed by atoms with van der Waals surface area (Å²) in [5.41, 5.74) is 2.29. The monoisotopic (exact) mass is 288 g/mol. The second-order valence-electron chi connectivity index (χ2n) is 5.48. The molecule has 0 radical (unpaired) electrons. The molecule has 0 saturated heterocycles. The molecule has 1 atom stereocenters. The van der Waals surface area contributed by atoms with Crippen molar-refractivity contribution < 1.29 is 9.84 Å². The van der Waals surface area contributed by atoms with E-state index < -0.39 is 6.10 Å². The maximum absolute atomic E-state index is 9.77. The lowest BCUT2D eigenvalue weighted by atomic mass is 10.1. The normalized spacial score (nSPS) is 13.0. The molecule has 1 unspecified atom stereocenters. The summed E-state index contributed by atoms with van der Waals surface area (Å²) >= 11 is 0. The van der Waals surface area contributed by atoms with Crippen LogP contribution in [0.25, 0.3) is 10.9 Å². The van der Waals surface area contributed by atoms with Crippen LogP contribution in [0.15, 0.2) is 36.5 Å². The number of rotatable bonds is 8. The molecule has 2 aromatic rings. The summed E-state index contributed by atoms with van der Waals surface area (Å²) < 4.78 is 5.38. The third kappa shape index (κ3) is 5.08. The molecule has 0 saturated carbocycles. The molecule has 2 rings (SSSR count). The summed E-state index contributed by atoms with van der Waals surface area (Å²) in [5.74, 6) is 0. The molecule has 1 aromatic carbocycles. The Kier molecular flexibility index (Phi) is 6.11. The molecule has 4 heteroatoms. The van der Waals surface area contributed by atoms with Crippen LogP contribution in [0.4, 0.5) is 0 Å². The van der Waals surface area contributed by atoms with Crippen molar-refractivity contribution in [2.24, 2.45) is 0 Å². The van der Waals surface area contributed by atoms with Crippen molar-refractivity contribution in [1.82, 2.24) is 10.3 Å². The first-order valence-corrected chi connectivity index (χ1v) is 7.50. The maximum atomic E-state index is 9.77. The summed E-state index contributed by atoms with van der Waals surface area (Å²) in [6, 6.07) is 10.3. The van der Waals surface area contributed by atoms with Crippen molar-refractivity contribution in [3.05, 3.63) is 42.1 Å². The van der Waals surface area contributed by atoms with Gasteiger partial charge in [0.15, 0.2) is 0 Å².